The summed E-state index contributed by atoms with van der Waals surface area (Å²) in [5, 5.41) is 7.81. The highest BCUT2D eigenvalue weighted by atomic mass is 32.1. The number of hydrogen-bond acceptors (Lipinski definition) is 4. The van der Waals surface area contributed by atoms with Gasteiger partial charge in [-0.1, -0.05) is 27.2 Å². The van der Waals surface area contributed by atoms with E-state index in [0.717, 1.165) is 23.4 Å². The van der Waals surface area contributed by atoms with Crippen molar-refractivity contribution in [3.63, 3.8) is 0 Å². The van der Waals surface area contributed by atoms with E-state index < -0.39 is 0 Å². The van der Waals surface area contributed by atoms with Crippen LogP contribution in [-0.4, -0.2) is 5.91 Å². The molecule has 2 atom stereocenters. The van der Waals surface area contributed by atoms with Crippen molar-refractivity contribution in [3.8, 4) is 0 Å². The van der Waals surface area contributed by atoms with Gasteiger partial charge >= 0.3 is 0 Å². The highest BCUT2D eigenvalue weighted by Crippen LogP contribution is 2.47. The van der Waals surface area contributed by atoms with Gasteiger partial charge in [0.15, 0.2) is 0 Å². The van der Waals surface area contributed by atoms with Crippen molar-refractivity contribution in [3.05, 3.63) is 37.9 Å². The first-order valence-corrected chi connectivity index (χ1v) is 10.8. The number of nitrogens with one attached hydrogen (secondary N) is 2. The number of carbonyl (C=O) groups is 1. The van der Waals surface area contributed by atoms with Crippen molar-refractivity contribution >= 4 is 33.6 Å². The van der Waals surface area contributed by atoms with E-state index in [-0.39, 0.29) is 12.1 Å². The van der Waals surface area contributed by atoms with Crippen LogP contribution >= 0.6 is 22.7 Å². The smallest absolute Gasteiger partial charge is 0.256 e. The van der Waals surface area contributed by atoms with Crippen molar-refractivity contribution in [2.45, 2.75) is 59.5 Å². The number of fused-ring (bicyclic) bond motifs is 3. The van der Waals surface area contributed by atoms with Gasteiger partial charge in [-0.05, 0) is 55.2 Å². The molecule has 0 saturated carbocycles. The van der Waals surface area contributed by atoms with Crippen molar-refractivity contribution in [1.82, 2.24) is 5.32 Å². The number of hydrogen-bond donors (Lipinski definition) is 2. The van der Waals surface area contributed by atoms with Gasteiger partial charge < -0.3 is 10.6 Å². The minimum atomic E-state index is -0.0957. The standard InChI is InChI=1S/C20H26N2OS2/c1-5-20(3,4)12-7-8-13-15(10-12)25-19-16(13)18(23)21-17(22-19)14-9-6-11(2)24-14/h6,9,12,17,22H,5,7-8,10H2,1-4H3,(H,21,23). The molecule has 0 saturated heterocycles. The van der Waals surface area contributed by atoms with Crippen LogP contribution in [0.2, 0.25) is 0 Å². The first-order valence-electron chi connectivity index (χ1n) is 9.17. The largest absolute Gasteiger partial charge is 0.352 e. The van der Waals surface area contributed by atoms with Crippen LogP contribution in [0.25, 0.3) is 0 Å². The van der Waals surface area contributed by atoms with E-state index in [1.165, 1.54) is 33.0 Å². The number of aryl methyl sites for hydroxylation is 1. The van der Waals surface area contributed by atoms with Crippen LogP contribution < -0.4 is 10.6 Å². The predicted octanol–water partition coefficient (Wildman–Crippen LogP) is 5.51. The molecule has 3 heterocycles. The molecular weight excluding hydrogens is 348 g/mol. The Balaban J connectivity index is 1.63. The molecule has 25 heavy (non-hydrogen) atoms. The van der Waals surface area contributed by atoms with Gasteiger partial charge in [0.05, 0.1) is 5.56 Å². The molecule has 1 amide bonds. The van der Waals surface area contributed by atoms with Gasteiger partial charge in [-0.3, -0.25) is 4.79 Å². The zero-order chi connectivity index (χ0) is 17.8. The van der Waals surface area contributed by atoms with E-state index in [9.17, 15) is 4.79 Å². The van der Waals surface area contributed by atoms with Crippen LogP contribution in [-0.2, 0) is 12.8 Å². The molecule has 1 aliphatic carbocycles. The SMILES string of the molecule is CCC(C)(C)C1CCc2c(sc3c2C(=O)NC(c2ccc(C)s2)N3)C1. The second-order valence-electron chi connectivity index (χ2n) is 7.99. The van der Waals surface area contributed by atoms with Crippen molar-refractivity contribution in [2.24, 2.45) is 11.3 Å². The lowest BCUT2D eigenvalue weighted by molar-refractivity contribution is 0.0935. The molecule has 2 N–H and O–H groups in total. The highest BCUT2D eigenvalue weighted by molar-refractivity contribution is 7.17. The number of carbonyl (C=O) groups excluding carboxylic acids is 1. The summed E-state index contributed by atoms with van der Waals surface area (Å²) in [6, 6.07) is 4.22. The second kappa shape index (κ2) is 6.13. The third-order valence-corrected chi connectivity index (χ3v) is 8.36. The normalized spacial score (nSPS) is 22.8. The van der Waals surface area contributed by atoms with E-state index in [0.29, 0.717) is 11.3 Å². The Labute approximate surface area is 157 Å². The molecule has 4 rings (SSSR count). The summed E-state index contributed by atoms with van der Waals surface area (Å²) in [4.78, 5) is 16.7. The first-order chi connectivity index (χ1) is 11.9. The van der Waals surface area contributed by atoms with Crippen LogP contribution in [0.1, 0.15) is 70.3 Å². The molecule has 0 bridgehead atoms. The first kappa shape index (κ1) is 17.1. The summed E-state index contributed by atoms with van der Waals surface area (Å²) in [6.07, 6.45) is 4.45. The van der Waals surface area contributed by atoms with Gasteiger partial charge in [0.25, 0.3) is 5.91 Å². The summed E-state index contributed by atoms with van der Waals surface area (Å²) in [6.45, 7) is 9.16. The highest BCUT2D eigenvalue weighted by Gasteiger charge is 2.37. The second-order valence-corrected chi connectivity index (χ2v) is 10.4. The summed E-state index contributed by atoms with van der Waals surface area (Å²) < 4.78 is 0. The van der Waals surface area contributed by atoms with Gasteiger partial charge in [0.2, 0.25) is 0 Å². The quantitative estimate of drug-likeness (QED) is 0.743. The summed E-state index contributed by atoms with van der Waals surface area (Å²) in [5.41, 5.74) is 2.58. The molecule has 2 aliphatic rings. The summed E-state index contributed by atoms with van der Waals surface area (Å²) in [7, 11) is 0. The lowest BCUT2D eigenvalue weighted by atomic mass is 9.69. The lowest BCUT2D eigenvalue weighted by Crippen LogP contribution is -2.38. The fourth-order valence-corrected chi connectivity index (χ4v) is 6.24. The Morgan fingerprint density at radius 1 is 1.24 bits per heavy atom. The Morgan fingerprint density at radius 3 is 2.72 bits per heavy atom. The summed E-state index contributed by atoms with van der Waals surface area (Å²) >= 11 is 3.55. The van der Waals surface area contributed by atoms with Crippen LogP contribution in [0.5, 0.6) is 0 Å². The molecule has 2 unspecified atom stereocenters. The molecule has 1 aliphatic heterocycles. The average Bonchev–Trinajstić information content (AvgIpc) is 3.17. The number of rotatable bonds is 3. The molecule has 2 aromatic rings. The Bertz CT molecular complexity index is 818. The van der Waals surface area contributed by atoms with Crippen molar-refractivity contribution in [2.75, 3.05) is 5.32 Å². The van der Waals surface area contributed by atoms with Gasteiger partial charge in [0.1, 0.15) is 11.2 Å². The maximum Gasteiger partial charge on any atom is 0.256 e. The van der Waals surface area contributed by atoms with Crippen molar-refractivity contribution in [1.29, 1.82) is 0 Å². The fraction of sp³-hybridized carbons (Fsp3) is 0.550. The van der Waals surface area contributed by atoms with Gasteiger partial charge in [-0.2, -0.15) is 0 Å². The molecule has 2 aromatic heterocycles. The van der Waals surface area contributed by atoms with E-state index in [1.54, 1.807) is 11.3 Å². The molecule has 0 spiro atoms. The van der Waals surface area contributed by atoms with Crippen LogP contribution in [0.4, 0.5) is 5.00 Å². The molecular formula is C20H26N2OS2. The minimum absolute atomic E-state index is 0.0931. The number of thiophene rings is 2. The zero-order valence-corrected chi connectivity index (χ0v) is 17.0. The molecule has 3 nitrogen and oxygen atoms in total. The third kappa shape index (κ3) is 2.91. The van der Waals surface area contributed by atoms with E-state index in [1.807, 2.05) is 11.3 Å². The number of amides is 1. The topological polar surface area (TPSA) is 41.1 Å². The molecule has 134 valence electrons. The minimum Gasteiger partial charge on any atom is -0.352 e. The lowest BCUT2D eigenvalue weighted by Gasteiger charge is -2.36. The van der Waals surface area contributed by atoms with Crippen LogP contribution in [0.3, 0.4) is 0 Å². The maximum atomic E-state index is 12.8. The molecule has 5 heteroatoms. The zero-order valence-electron chi connectivity index (χ0n) is 15.4. The van der Waals surface area contributed by atoms with E-state index in [4.69, 9.17) is 0 Å². The predicted molar refractivity (Wildman–Crippen MR) is 107 cm³/mol. The third-order valence-electron chi connectivity index (χ3n) is 6.11. The van der Waals surface area contributed by atoms with E-state index in [2.05, 4.69) is 50.5 Å². The van der Waals surface area contributed by atoms with Crippen LogP contribution in [0, 0.1) is 18.3 Å². The Morgan fingerprint density at radius 2 is 2.04 bits per heavy atom. The maximum absolute atomic E-state index is 12.8. The fourth-order valence-electron chi connectivity index (χ4n) is 4.00. The number of anilines is 1. The molecule has 0 fully saturated rings. The van der Waals surface area contributed by atoms with Gasteiger partial charge in [-0.15, -0.1) is 22.7 Å². The van der Waals surface area contributed by atoms with Gasteiger partial charge in [-0.25, -0.2) is 0 Å². The summed E-state index contributed by atoms with van der Waals surface area (Å²) in [5.74, 6) is 0.805. The average molecular weight is 375 g/mol. The van der Waals surface area contributed by atoms with Crippen LogP contribution in [0.15, 0.2) is 12.1 Å². The molecule has 0 radical (unpaired) electrons. The molecule has 0 aromatic carbocycles. The van der Waals surface area contributed by atoms with E-state index >= 15 is 0 Å². The van der Waals surface area contributed by atoms with Gasteiger partial charge in [0, 0.05) is 14.6 Å². The monoisotopic (exact) mass is 374 g/mol. The van der Waals surface area contributed by atoms with Crippen molar-refractivity contribution < 1.29 is 4.79 Å². The Hall–Kier alpha value is -1.33. The Kier molecular flexibility index (Phi) is 4.19.